The van der Waals surface area contributed by atoms with Gasteiger partial charge in [0.1, 0.15) is 11.9 Å². The Balaban J connectivity index is 1.65. The van der Waals surface area contributed by atoms with Gasteiger partial charge in [0.25, 0.3) is 11.5 Å². The lowest BCUT2D eigenvalue weighted by Gasteiger charge is -2.36. The molecule has 0 saturated carbocycles. The SMILES string of the molecule is CS(=O)(=O)N1CCc2c(nc([C@@H]3CCCCN3C(=O)[C@H]3CCCO3)[nH]c2=O)C1. The number of ether oxygens (including phenoxy) is 1. The summed E-state index contributed by atoms with van der Waals surface area (Å²) in [6, 6.07) is -0.308. The first-order valence-corrected chi connectivity index (χ1v) is 11.7. The fraction of sp³-hybridized carbons (Fsp3) is 0.722. The van der Waals surface area contributed by atoms with Crippen LogP contribution in [-0.2, 0) is 32.5 Å². The van der Waals surface area contributed by atoms with Crippen LogP contribution >= 0.6 is 0 Å². The fourth-order valence-corrected chi connectivity index (χ4v) is 5.09. The summed E-state index contributed by atoms with van der Waals surface area (Å²) in [6.07, 6.45) is 5.26. The highest BCUT2D eigenvalue weighted by atomic mass is 32.2. The molecule has 1 N–H and O–H groups in total. The van der Waals surface area contributed by atoms with Crippen LogP contribution in [0.5, 0.6) is 0 Å². The number of nitrogens with zero attached hydrogens (tertiary/aromatic N) is 3. The Kier molecular flexibility index (Phi) is 5.28. The molecule has 2 saturated heterocycles. The number of H-pyrrole nitrogens is 1. The van der Waals surface area contributed by atoms with Crippen molar-refractivity contribution in [3.63, 3.8) is 0 Å². The van der Waals surface area contributed by atoms with Crippen molar-refractivity contribution < 1.29 is 17.9 Å². The molecule has 0 spiro atoms. The molecule has 1 aromatic rings. The molecule has 154 valence electrons. The van der Waals surface area contributed by atoms with Gasteiger partial charge in [-0.1, -0.05) is 0 Å². The molecule has 28 heavy (non-hydrogen) atoms. The van der Waals surface area contributed by atoms with Gasteiger partial charge in [0.05, 0.1) is 24.5 Å². The monoisotopic (exact) mass is 410 g/mol. The minimum atomic E-state index is -3.35. The topological polar surface area (TPSA) is 113 Å². The smallest absolute Gasteiger partial charge is 0.254 e. The van der Waals surface area contributed by atoms with Gasteiger partial charge in [-0.25, -0.2) is 13.4 Å². The molecular formula is C18H26N4O5S. The Hall–Kier alpha value is -1.78. The molecule has 4 rings (SSSR count). The van der Waals surface area contributed by atoms with E-state index in [2.05, 4.69) is 9.97 Å². The van der Waals surface area contributed by atoms with E-state index in [1.54, 1.807) is 4.90 Å². The normalized spacial score (nSPS) is 26.2. The molecule has 3 aliphatic heterocycles. The van der Waals surface area contributed by atoms with E-state index >= 15 is 0 Å². The van der Waals surface area contributed by atoms with Gasteiger partial charge in [-0.05, 0) is 38.5 Å². The number of hydrogen-bond donors (Lipinski definition) is 1. The number of amides is 1. The second-order valence-electron chi connectivity index (χ2n) is 7.77. The van der Waals surface area contributed by atoms with Crippen LogP contribution in [0.3, 0.4) is 0 Å². The van der Waals surface area contributed by atoms with Crippen LogP contribution in [-0.4, -0.2) is 65.6 Å². The van der Waals surface area contributed by atoms with Crippen LogP contribution in [0.15, 0.2) is 4.79 Å². The lowest BCUT2D eigenvalue weighted by molar-refractivity contribution is -0.145. The third-order valence-electron chi connectivity index (χ3n) is 5.83. The maximum Gasteiger partial charge on any atom is 0.254 e. The molecule has 10 heteroatoms. The summed E-state index contributed by atoms with van der Waals surface area (Å²) in [5, 5.41) is 0. The number of hydrogen-bond acceptors (Lipinski definition) is 6. The Morgan fingerprint density at radius 3 is 2.75 bits per heavy atom. The van der Waals surface area contributed by atoms with Crippen molar-refractivity contribution in [3.05, 3.63) is 27.4 Å². The fourth-order valence-electron chi connectivity index (χ4n) is 4.31. The molecule has 0 aromatic carbocycles. The number of nitrogens with one attached hydrogen (secondary N) is 1. The molecule has 2 atom stereocenters. The van der Waals surface area contributed by atoms with Crippen LogP contribution in [0.25, 0.3) is 0 Å². The van der Waals surface area contributed by atoms with Crippen molar-refractivity contribution in [2.24, 2.45) is 0 Å². The van der Waals surface area contributed by atoms with E-state index in [0.717, 1.165) is 38.4 Å². The predicted octanol–water partition coefficient (Wildman–Crippen LogP) is 0.320. The van der Waals surface area contributed by atoms with Gasteiger partial charge < -0.3 is 14.6 Å². The van der Waals surface area contributed by atoms with Crippen LogP contribution in [0.1, 0.15) is 55.2 Å². The number of fused-ring (bicyclic) bond motifs is 1. The molecule has 0 unspecified atom stereocenters. The zero-order valence-corrected chi connectivity index (χ0v) is 16.8. The van der Waals surface area contributed by atoms with E-state index in [-0.39, 0.29) is 30.6 Å². The molecule has 4 heterocycles. The Morgan fingerprint density at radius 2 is 2.04 bits per heavy atom. The van der Waals surface area contributed by atoms with Crippen LogP contribution in [0, 0.1) is 0 Å². The molecule has 1 aromatic heterocycles. The van der Waals surface area contributed by atoms with Crippen molar-refractivity contribution in [3.8, 4) is 0 Å². The first-order chi connectivity index (χ1) is 13.3. The summed E-state index contributed by atoms with van der Waals surface area (Å²) < 4.78 is 30.7. The number of aromatic nitrogens is 2. The van der Waals surface area contributed by atoms with E-state index in [1.807, 2.05) is 0 Å². The van der Waals surface area contributed by atoms with Gasteiger partial charge in [0.2, 0.25) is 10.0 Å². The van der Waals surface area contributed by atoms with E-state index < -0.39 is 16.1 Å². The van der Waals surface area contributed by atoms with Crippen LogP contribution in [0.2, 0.25) is 0 Å². The molecule has 0 aliphatic carbocycles. The van der Waals surface area contributed by atoms with Gasteiger partial charge in [0, 0.05) is 25.3 Å². The number of aromatic amines is 1. The first-order valence-electron chi connectivity index (χ1n) is 9.84. The number of rotatable bonds is 3. The van der Waals surface area contributed by atoms with Crippen LogP contribution in [0.4, 0.5) is 0 Å². The summed E-state index contributed by atoms with van der Waals surface area (Å²) in [6.45, 7) is 1.59. The summed E-state index contributed by atoms with van der Waals surface area (Å²) in [5.41, 5.74) is 0.796. The molecule has 0 bridgehead atoms. The third kappa shape index (κ3) is 3.72. The summed E-state index contributed by atoms with van der Waals surface area (Å²) in [5.74, 6) is 0.408. The Labute approximate surface area is 164 Å². The highest BCUT2D eigenvalue weighted by molar-refractivity contribution is 7.88. The Morgan fingerprint density at radius 1 is 1.21 bits per heavy atom. The molecule has 0 radical (unpaired) electrons. The van der Waals surface area contributed by atoms with Gasteiger partial charge in [-0.2, -0.15) is 4.31 Å². The van der Waals surface area contributed by atoms with E-state index in [0.29, 0.717) is 36.7 Å². The zero-order chi connectivity index (χ0) is 19.9. The number of sulfonamides is 1. The highest BCUT2D eigenvalue weighted by Crippen LogP contribution is 2.31. The average Bonchev–Trinajstić information content (AvgIpc) is 3.21. The first kappa shape index (κ1) is 19.5. The van der Waals surface area contributed by atoms with Crippen molar-refractivity contribution in [2.45, 2.75) is 57.2 Å². The van der Waals surface area contributed by atoms with Crippen molar-refractivity contribution >= 4 is 15.9 Å². The number of likely N-dealkylation sites (tertiary alicyclic amines) is 1. The van der Waals surface area contributed by atoms with Gasteiger partial charge >= 0.3 is 0 Å². The second kappa shape index (κ2) is 7.57. The van der Waals surface area contributed by atoms with Crippen molar-refractivity contribution in [2.75, 3.05) is 26.0 Å². The number of carbonyl (C=O) groups excluding carboxylic acids is 1. The van der Waals surface area contributed by atoms with Gasteiger partial charge in [0.15, 0.2) is 0 Å². The molecule has 2 fully saturated rings. The quantitative estimate of drug-likeness (QED) is 0.768. The molecule has 1 amide bonds. The minimum Gasteiger partial charge on any atom is -0.368 e. The third-order valence-corrected chi connectivity index (χ3v) is 7.08. The summed E-state index contributed by atoms with van der Waals surface area (Å²) in [7, 11) is -3.35. The van der Waals surface area contributed by atoms with E-state index in [9.17, 15) is 18.0 Å². The molecule has 9 nitrogen and oxygen atoms in total. The summed E-state index contributed by atoms with van der Waals surface area (Å²) >= 11 is 0. The maximum atomic E-state index is 12.9. The van der Waals surface area contributed by atoms with Crippen molar-refractivity contribution in [1.29, 1.82) is 0 Å². The lowest BCUT2D eigenvalue weighted by Crippen LogP contribution is -2.45. The lowest BCUT2D eigenvalue weighted by atomic mass is 9.99. The Bertz CT molecular complexity index is 922. The molecular weight excluding hydrogens is 384 g/mol. The van der Waals surface area contributed by atoms with E-state index in [1.165, 1.54) is 4.31 Å². The zero-order valence-electron chi connectivity index (χ0n) is 16.0. The van der Waals surface area contributed by atoms with Gasteiger partial charge in [-0.3, -0.25) is 9.59 Å². The average molecular weight is 410 g/mol. The number of piperidine rings is 1. The maximum absolute atomic E-state index is 12.9. The second-order valence-corrected chi connectivity index (χ2v) is 9.75. The van der Waals surface area contributed by atoms with Crippen molar-refractivity contribution in [1.82, 2.24) is 19.2 Å². The highest BCUT2D eigenvalue weighted by Gasteiger charge is 2.36. The predicted molar refractivity (Wildman–Crippen MR) is 101 cm³/mol. The number of carbonyl (C=O) groups is 1. The van der Waals surface area contributed by atoms with Crippen LogP contribution < -0.4 is 5.56 Å². The standard InChI is InChI=1S/C18H26N4O5S/c1-28(25,26)21-9-7-12-13(11-21)19-16(20-17(12)23)14-5-2-3-8-22(14)18(24)15-6-4-10-27-15/h14-15H,2-11H2,1H3,(H,19,20,23)/t14-,15+/m0/s1. The minimum absolute atomic E-state index is 0.0414. The largest absolute Gasteiger partial charge is 0.368 e. The van der Waals surface area contributed by atoms with Gasteiger partial charge in [-0.15, -0.1) is 0 Å². The molecule has 3 aliphatic rings. The summed E-state index contributed by atoms with van der Waals surface area (Å²) in [4.78, 5) is 34.8. The van der Waals surface area contributed by atoms with E-state index in [4.69, 9.17) is 4.74 Å².